The Bertz CT molecular complexity index is 932. The molecule has 2 amide bonds. The molecule has 122 valence electrons. The van der Waals surface area contributed by atoms with Gasteiger partial charge in [-0.2, -0.15) is 5.10 Å². The number of nitrogens with two attached hydrogens (primary N) is 2. The number of aromatic nitrogens is 2. The van der Waals surface area contributed by atoms with Crippen molar-refractivity contribution in [2.45, 2.75) is 13.0 Å². The molecule has 0 bridgehead atoms. The van der Waals surface area contributed by atoms with E-state index in [2.05, 4.69) is 10.4 Å². The first-order chi connectivity index (χ1) is 11.5. The van der Waals surface area contributed by atoms with Crippen molar-refractivity contribution in [2.75, 3.05) is 5.32 Å². The number of aryl methyl sites for hydroxylation is 1. The molecule has 24 heavy (non-hydrogen) atoms. The first kappa shape index (κ1) is 15.7. The smallest absolute Gasteiger partial charge is 0.251 e. The number of carbonyl (C=O) groups is 2. The number of primary amides is 1. The molecule has 3 rings (SSSR count). The van der Waals surface area contributed by atoms with E-state index in [0.717, 1.165) is 22.2 Å². The molecule has 0 fully saturated rings. The standard InChI is InChI=1S/C17H17N5O2/c1-10-3-2-4-13(7-10)22-14-8-12(6-5-11(14)9-20-22)21-17(24)15(18)16(19)23/h2-9,15H,18H2,1H3,(H2,19,23)(H,21,24). The van der Waals surface area contributed by atoms with Crippen LogP contribution < -0.4 is 16.8 Å². The molecule has 7 nitrogen and oxygen atoms in total. The van der Waals surface area contributed by atoms with E-state index in [0.29, 0.717) is 5.69 Å². The molecule has 2 aromatic carbocycles. The number of rotatable bonds is 4. The maximum Gasteiger partial charge on any atom is 0.251 e. The molecule has 1 heterocycles. The lowest BCUT2D eigenvalue weighted by Gasteiger charge is -2.10. The summed E-state index contributed by atoms with van der Waals surface area (Å²) in [6, 6.07) is 11.9. The van der Waals surface area contributed by atoms with Crippen LogP contribution in [0.3, 0.4) is 0 Å². The van der Waals surface area contributed by atoms with Crippen LogP contribution in [0, 0.1) is 6.92 Å². The molecule has 1 atom stereocenters. The molecular weight excluding hydrogens is 306 g/mol. The predicted molar refractivity (Wildman–Crippen MR) is 91.6 cm³/mol. The van der Waals surface area contributed by atoms with Gasteiger partial charge in [0.25, 0.3) is 5.91 Å². The molecule has 3 aromatic rings. The lowest BCUT2D eigenvalue weighted by Crippen LogP contribution is -2.46. The quantitative estimate of drug-likeness (QED) is 0.623. The topological polar surface area (TPSA) is 116 Å². The van der Waals surface area contributed by atoms with Crippen molar-refractivity contribution < 1.29 is 9.59 Å². The zero-order valence-corrected chi connectivity index (χ0v) is 13.1. The first-order valence-electron chi connectivity index (χ1n) is 7.36. The third-order valence-corrected chi connectivity index (χ3v) is 3.67. The van der Waals surface area contributed by atoms with Crippen LogP contribution in [0.15, 0.2) is 48.7 Å². The summed E-state index contributed by atoms with van der Waals surface area (Å²) in [5.74, 6) is -1.53. The van der Waals surface area contributed by atoms with E-state index >= 15 is 0 Å². The number of nitrogens with one attached hydrogen (secondary N) is 1. The Labute approximate surface area is 138 Å². The molecular formula is C17H17N5O2. The fourth-order valence-electron chi connectivity index (χ4n) is 2.41. The summed E-state index contributed by atoms with van der Waals surface area (Å²) in [7, 11) is 0. The SMILES string of the molecule is Cc1cccc(-n2ncc3ccc(NC(=O)C(N)C(N)=O)cc32)c1. The Hall–Kier alpha value is -3.19. The third kappa shape index (κ3) is 2.97. The van der Waals surface area contributed by atoms with Crippen LogP contribution in [0.4, 0.5) is 5.69 Å². The number of carbonyl (C=O) groups excluding carboxylic acids is 2. The second-order valence-corrected chi connectivity index (χ2v) is 5.54. The third-order valence-electron chi connectivity index (χ3n) is 3.67. The minimum absolute atomic E-state index is 0.513. The lowest BCUT2D eigenvalue weighted by molar-refractivity contribution is -0.126. The summed E-state index contributed by atoms with van der Waals surface area (Å²) < 4.78 is 1.78. The average molecular weight is 323 g/mol. The number of benzene rings is 2. The largest absolute Gasteiger partial charge is 0.368 e. The van der Waals surface area contributed by atoms with Gasteiger partial charge >= 0.3 is 0 Å². The second-order valence-electron chi connectivity index (χ2n) is 5.54. The van der Waals surface area contributed by atoms with Gasteiger partial charge in [0.2, 0.25) is 5.91 Å². The zero-order chi connectivity index (χ0) is 17.3. The normalized spacial score (nSPS) is 12.1. The fraction of sp³-hybridized carbons (Fsp3) is 0.118. The molecule has 0 radical (unpaired) electrons. The van der Waals surface area contributed by atoms with Crippen molar-refractivity contribution in [1.29, 1.82) is 0 Å². The number of hydrogen-bond donors (Lipinski definition) is 3. The average Bonchev–Trinajstić information content (AvgIpc) is 2.97. The summed E-state index contributed by atoms with van der Waals surface area (Å²) in [6.07, 6.45) is 1.75. The van der Waals surface area contributed by atoms with Crippen LogP contribution >= 0.6 is 0 Å². The maximum atomic E-state index is 11.9. The minimum Gasteiger partial charge on any atom is -0.368 e. The minimum atomic E-state index is -1.39. The molecule has 7 heteroatoms. The number of anilines is 1. The Kier molecular flexibility index (Phi) is 4.01. The van der Waals surface area contributed by atoms with Crippen LogP contribution in [-0.4, -0.2) is 27.6 Å². The van der Waals surface area contributed by atoms with Gasteiger partial charge in [-0.1, -0.05) is 12.1 Å². The van der Waals surface area contributed by atoms with Gasteiger partial charge in [-0.3, -0.25) is 9.59 Å². The molecule has 0 saturated carbocycles. The van der Waals surface area contributed by atoms with Crippen molar-refractivity contribution in [2.24, 2.45) is 11.5 Å². The van der Waals surface area contributed by atoms with Gasteiger partial charge < -0.3 is 16.8 Å². The van der Waals surface area contributed by atoms with Gasteiger partial charge in [-0.25, -0.2) is 4.68 Å². The van der Waals surface area contributed by atoms with E-state index in [1.165, 1.54) is 0 Å². The molecule has 0 spiro atoms. The monoisotopic (exact) mass is 323 g/mol. The van der Waals surface area contributed by atoms with Gasteiger partial charge in [-0.15, -0.1) is 0 Å². The van der Waals surface area contributed by atoms with Crippen molar-refractivity contribution in [3.63, 3.8) is 0 Å². The summed E-state index contributed by atoms with van der Waals surface area (Å²) in [5.41, 5.74) is 13.8. The Morgan fingerprint density at radius 2 is 2.00 bits per heavy atom. The summed E-state index contributed by atoms with van der Waals surface area (Å²) >= 11 is 0. The van der Waals surface area contributed by atoms with Crippen molar-refractivity contribution in [1.82, 2.24) is 9.78 Å². The van der Waals surface area contributed by atoms with Gasteiger partial charge in [-0.05, 0) is 42.8 Å². The predicted octanol–water partition coefficient (Wildman–Crippen LogP) is 1.09. The molecule has 0 aliphatic carbocycles. The Balaban J connectivity index is 1.97. The number of fused-ring (bicyclic) bond motifs is 1. The van der Waals surface area contributed by atoms with Gasteiger partial charge in [0, 0.05) is 11.1 Å². The van der Waals surface area contributed by atoms with Gasteiger partial charge in [0.1, 0.15) is 0 Å². The van der Waals surface area contributed by atoms with Crippen molar-refractivity contribution in [3.05, 3.63) is 54.2 Å². The Morgan fingerprint density at radius 3 is 2.71 bits per heavy atom. The summed E-state index contributed by atoms with van der Waals surface area (Å²) in [4.78, 5) is 22.9. The van der Waals surface area contributed by atoms with E-state index in [-0.39, 0.29) is 0 Å². The zero-order valence-electron chi connectivity index (χ0n) is 13.1. The lowest BCUT2D eigenvalue weighted by atomic mass is 10.2. The number of nitrogens with zero attached hydrogens (tertiary/aromatic N) is 2. The highest BCUT2D eigenvalue weighted by Gasteiger charge is 2.19. The highest BCUT2D eigenvalue weighted by Crippen LogP contribution is 2.22. The Morgan fingerprint density at radius 1 is 1.21 bits per heavy atom. The first-order valence-corrected chi connectivity index (χ1v) is 7.36. The van der Waals surface area contributed by atoms with E-state index in [1.807, 2.05) is 37.3 Å². The fourth-order valence-corrected chi connectivity index (χ4v) is 2.41. The number of amides is 2. The van der Waals surface area contributed by atoms with Crippen molar-refractivity contribution >= 4 is 28.4 Å². The van der Waals surface area contributed by atoms with Crippen LogP contribution in [0.2, 0.25) is 0 Å². The number of hydrogen-bond acceptors (Lipinski definition) is 4. The van der Waals surface area contributed by atoms with Gasteiger partial charge in [0.05, 0.1) is 17.4 Å². The van der Waals surface area contributed by atoms with Crippen LogP contribution in [0.25, 0.3) is 16.6 Å². The van der Waals surface area contributed by atoms with Crippen LogP contribution in [0.1, 0.15) is 5.56 Å². The van der Waals surface area contributed by atoms with Crippen LogP contribution in [0.5, 0.6) is 0 Å². The molecule has 0 saturated heterocycles. The summed E-state index contributed by atoms with van der Waals surface area (Å²) in [6.45, 7) is 2.01. The highest BCUT2D eigenvalue weighted by atomic mass is 16.2. The maximum absolute atomic E-state index is 11.9. The van der Waals surface area contributed by atoms with E-state index < -0.39 is 17.9 Å². The molecule has 0 aliphatic heterocycles. The van der Waals surface area contributed by atoms with Crippen molar-refractivity contribution in [3.8, 4) is 5.69 Å². The highest BCUT2D eigenvalue weighted by molar-refractivity contribution is 6.09. The summed E-state index contributed by atoms with van der Waals surface area (Å²) in [5, 5.41) is 7.91. The molecule has 5 N–H and O–H groups in total. The molecule has 1 unspecified atom stereocenters. The van der Waals surface area contributed by atoms with Crippen LogP contribution in [-0.2, 0) is 9.59 Å². The van der Waals surface area contributed by atoms with E-state index in [4.69, 9.17) is 11.5 Å². The van der Waals surface area contributed by atoms with Gasteiger partial charge in [0.15, 0.2) is 6.04 Å². The second kappa shape index (κ2) is 6.13. The molecule has 0 aliphatic rings. The molecule has 1 aromatic heterocycles. The van der Waals surface area contributed by atoms with E-state index in [1.54, 1.807) is 23.0 Å². The van der Waals surface area contributed by atoms with E-state index in [9.17, 15) is 9.59 Å².